The highest BCUT2D eigenvalue weighted by Crippen LogP contribution is 2.24. The molecule has 1 atom stereocenters. The molecule has 0 saturated carbocycles. The van der Waals surface area contributed by atoms with Crippen LogP contribution in [0.25, 0.3) is 0 Å². The van der Waals surface area contributed by atoms with Crippen molar-refractivity contribution in [3.8, 4) is 0 Å². The molecule has 0 aliphatic carbocycles. The normalized spacial score (nSPS) is 20.4. The molecule has 1 fully saturated rings. The molecule has 6 heteroatoms. The maximum atomic E-state index is 13.2. The number of fused-ring (bicyclic) bond motifs is 1. The van der Waals surface area contributed by atoms with Crippen LogP contribution in [-0.4, -0.2) is 70.3 Å². The Balaban J connectivity index is 1.41. The molecule has 0 bridgehead atoms. The van der Waals surface area contributed by atoms with Gasteiger partial charge in [0.05, 0.1) is 6.04 Å². The first-order valence-electron chi connectivity index (χ1n) is 9.69. The second kappa shape index (κ2) is 7.56. The number of aromatic nitrogens is 1. The lowest BCUT2D eigenvalue weighted by Crippen LogP contribution is -2.57. The first-order valence-corrected chi connectivity index (χ1v) is 9.69. The van der Waals surface area contributed by atoms with Crippen molar-refractivity contribution in [3.05, 3.63) is 59.4 Å². The molecule has 0 unspecified atom stereocenters. The summed E-state index contributed by atoms with van der Waals surface area (Å²) in [6.45, 7) is 6.16. The zero-order valence-electron chi connectivity index (χ0n) is 15.7. The minimum Gasteiger partial charge on any atom is -0.357 e. The van der Waals surface area contributed by atoms with Crippen molar-refractivity contribution in [2.45, 2.75) is 25.9 Å². The number of aromatic amines is 1. The highest BCUT2D eigenvalue weighted by Gasteiger charge is 2.35. The van der Waals surface area contributed by atoms with Crippen molar-refractivity contribution in [3.63, 3.8) is 0 Å². The van der Waals surface area contributed by atoms with Gasteiger partial charge in [-0.15, -0.1) is 0 Å². The lowest BCUT2D eigenvalue weighted by Gasteiger charge is -2.41. The third-order valence-electron chi connectivity index (χ3n) is 5.74. The fraction of sp³-hybridized carbons (Fsp3) is 0.429. The molecule has 1 saturated heterocycles. The summed E-state index contributed by atoms with van der Waals surface area (Å²) >= 11 is 0. The largest absolute Gasteiger partial charge is 0.357 e. The van der Waals surface area contributed by atoms with Gasteiger partial charge in [0.25, 0.3) is 5.91 Å². The van der Waals surface area contributed by atoms with Crippen LogP contribution < -0.4 is 0 Å². The fourth-order valence-electron chi connectivity index (χ4n) is 4.13. The molecule has 2 aliphatic heterocycles. The molecule has 27 heavy (non-hydrogen) atoms. The van der Waals surface area contributed by atoms with Gasteiger partial charge in [0.2, 0.25) is 5.91 Å². The number of hydrogen-bond acceptors (Lipinski definition) is 3. The third-order valence-corrected chi connectivity index (χ3v) is 5.74. The molecule has 3 heterocycles. The lowest BCUT2D eigenvalue weighted by molar-refractivity contribution is -0.139. The van der Waals surface area contributed by atoms with E-state index in [2.05, 4.69) is 35.0 Å². The number of hydrogen-bond donors (Lipinski definition) is 1. The molecule has 4 rings (SSSR count). The van der Waals surface area contributed by atoms with Crippen LogP contribution in [0.2, 0.25) is 0 Å². The summed E-state index contributed by atoms with van der Waals surface area (Å²) in [4.78, 5) is 34.7. The van der Waals surface area contributed by atoms with E-state index in [9.17, 15) is 9.59 Å². The summed E-state index contributed by atoms with van der Waals surface area (Å²) in [7, 11) is 0. The molecular weight excluding hydrogens is 340 g/mol. The zero-order valence-corrected chi connectivity index (χ0v) is 15.7. The Bertz CT molecular complexity index is 809. The predicted octanol–water partition coefficient (Wildman–Crippen LogP) is 1.75. The van der Waals surface area contributed by atoms with E-state index in [1.54, 1.807) is 12.3 Å². The molecule has 1 N–H and O–H groups in total. The maximum absolute atomic E-state index is 13.2. The molecule has 2 amide bonds. The van der Waals surface area contributed by atoms with E-state index in [0.717, 1.165) is 19.5 Å². The number of likely N-dealkylation sites (N-methyl/N-ethyl adjacent to an activating group) is 1. The monoisotopic (exact) mass is 366 g/mol. The molecule has 1 aromatic carbocycles. The van der Waals surface area contributed by atoms with Gasteiger partial charge in [-0.2, -0.15) is 0 Å². The summed E-state index contributed by atoms with van der Waals surface area (Å²) in [5, 5.41) is 0. The van der Waals surface area contributed by atoms with Crippen LogP contribution in [0.15, 0.2) is 42.6 Å². The van der Waals surface area contributed by atoms with Gasteiger partial charge in [-0.3, -0.25) is 14.5 Å². The van der Waals surface area contributed by atoms with Crippen molar-refractivity contribution in [2.24, 2.45) is 0 Å². The van der Waals surface area contributed by atoms with Crippen molar-refractivity contribution in [1.82, 2.24) is 19.7 Å². The molecule has 2 aromatic rings. The standard InChI is InChI=1S/C21H26N4O2/c1-2-23-15-17-7-4-3-6-16(17)14-19(23)21(27)25-12-10-24(11-13-25)20(26)18-8-5-9-22-18/h3-9,19,22H,2,10-15H2,1H3/t19-/m1/s1. The Morgan fingerprint density at radius 1 is 1.00 bits per heavy atom. The smallest absolute Gasteiger partial charge is 0.270 e. The number of carbonyl (C=O) groups excluding carboxylic acids is 2. The SMILES string of the molecule is CCN1Cc2ccccc2C[C@@H]1C(=O)N1CCN(C(=O)c2ccc[nH]2)CC1. The van der Waals surface area contributed by atoms with Gasteiger partial charge in [0, 0.05) is 38.9 Å². The van der Waals surface area contributed by atoms with Crippen LogP contribution in [0, 0.1) is 0 Å². The first kappa shape index (κ1) is 17.8. The lowest BCUT2D eigenvalue weighted by atomic mass is 9.93. The average Bonchev–Trinajstić information content (AvgIpc) is 3.26. The number of nitrogens with one attached hydrogen (secondary N) is 1. The Morgan fingerprint density at radius 2 is 1.70 bits per heavy atom. The van der Waals surface area contributed by atoms with Gasteiger partial charge in [0.15, 0.2) is 0 Å². The fourth-order valence-corrected chi connectivity index (χ4v) is 4.13. The van der Waals surface area contributed by atoms with Crippen LogP contribution in [0.1, 0.15) is 28.5 Å². The number of amides is 2. The van der Waals surface area contributed by atoms with Crippen molar-refractivity contribution < 1.29 is 9.59 Å². The average molecular weight is 366 g/mol. The van der Waals surface area contributed by atoms with Crippen molar-refractivity contribution in [2.75, 3.05) is 32.7 Å². The van der Waals surface area contributed by atoms with Crippen LogP contribution in [-0.2, 0) is 17.8 Å². The number of benzene rings is 1. The van der Waals surface area contributed by atoms with E-state index < -0.39 is 0 Å². The summed E-state index contributed by atoms with van der Waals surface area (Å²) in [6, 6.07) is 11.9. The first-order chi connectivity index (χ1) is 13.2. The van der Waals surface area contributed by atoms with Gasteiger partial charge in [-0.25, -0.2) is 0 Å². The van der Waals surface area contributed by atoms with Crippen LogP contribution in [0.3, 0.4) is 0 Å². The van der Waals surface area contributed by atoms with Crippen LogP contribution in [0.4, 0.5) is 0 Å². The van der Waals surface area contributed by atoms with Crippen LogP contribution >= 0.6 is 0 Å². The van der Waals surface area contributed by atoms with Gasteiger partial charge < -0.3 is 14.8 Å². The molecule has 142 valence electrons. The quantitative estimate of drug-likeness (QED) is 0.900. The van der Waals surface area contributed by atoms with Gasteiger partial charge in [0.1, 0.15) is 5.69 Å². The Hall–Kier alpha value is -2.60. The zero-order chi connectivity index (χ0) is 18.8. The Labute approximate surface area is 159 Å². The maximum Gasteiger partial charge on any atom is 0.270 e. The second-order valence-electron chi connectivity index (χ2n) is 7.25. The minimum absolute atomic E-state index is 0.00822. The van der Waals surface area contributed by atoms with E-state index in [4.69, 9.17) is 0 Å². The summed E-state index contributed by atoms with van der Waals surface area (Å²) < 4.78 is 0. The number of rotatable bonds is 3. The van der Waals surface area contributed by atoms with Gasteiger partial charge >= 0.3 is 0 Å². The molecule has 6 nitrogen and oxygen atoms in total. The molecule has 2 aliphatic rings. The second-order valence-corrected chi connectivity index (χ2v) is 7.25. The number of carbonyl (C=O) groups is 2. The van der Waals surface area contributed by atoms with E-state index in [1.807, 2.05) is 21.9 Å². The topological polar surface area (TPSA) is 59.7 Å². The number of nitrogens with zero attached hydrogens (tertiary/aromatic N) is 3. The number of piperazine rings is 1. The van der Waals surface area contributed by atoms with E-state index in [1.165, 1.54) is 11.1 Å². The molecular formula is C21H26N4O2. The summed E-state index contributed by atoms with van der Waals surface area (Å²) in [5.41, 5.74) is 3.21. The number of H-pyrrole nitrogens is 1. The van der Waals surface area contributed by atoms with E-state index in [-0.39, 0.29) is 17.9 Å². The Morgan fingerprint density at radius 3 is 2.37 bits per heavy atom. The molecule has 0 radical (unpaired) electrons. The Kier molecular flexibility index (Phi) is 4.99. The van der Waals surface area contributed by atoms with E-state index in [0.29, 0.717) is 31.9 Å². The van der Waals surface area contributed by atoms with Crippen molar-refractivity contribution in [1.29, 1.82) is 0 Å². The minimum atomic E-state index is -0.101. The third kappa shape index (κ3) is 3.49. The van der Waals surface area contributed by atoms with Gasteiger partial charge in [-0.05, 0) is 36.2 Å². The highest BCUT2D eigenvalue weighted by molar-refractivity contribution is 5.92. The van der Waals surface area contributed by atoms with Crippen molar-refractivity contribution >= 4 is 11.8 Å². The molecule has 1 aromatic heterocycles. The molecule has 0 spiro atoms. The van der Waals surface area contributed by atoms with Gasteiger partial charge in [-0.1, -0.05) is 31.2 Å². The van der Waals surface area contributed by atoms with E-state index >= 15 is 0 Å². The summed E-state index contributed by atoms with van der Waals surface area (Å²) in [6.07, 6.45) is 2.53. The predicted molar refractivity (Wildman–Crippen MR) is 103 cm³/mol. The highest BCUT2D eigenvalue weighted by atomic mass is 16.2. The van der Waals surface area contributed by atoms with Crippen LogP contribution in [0.5, 0.6) is 0 Å². The summed E-state index contributed by atoms with van der Waals surface area (Å²) in [5.74, 6) is 0.201.